The summed E-state index contributed by atoms with van der Waals surface area (Å²) >= 11 is 0. The summed E-state index contributed by atoms with van der Waals surface area (Å²) in [5.41, 5.74) is 3.23. The third kappa shape index (κ3) is 5.34. The lowest BCUT2D eigenvalue weighted by atomic mass is 10.1. The molecule has 26 heavy (non-hydrogen) atoms. The topological polar surface area (TPSA) is 64.6 Å². The molecule has 0 aliphatic carbocycles. The number of anilines is 1. The van der Waals surface area contributed by atoms with E-state index in [9.17, 15) is 9.59 Å². The van der Waals surface area contributed by atoms with E-state index in [0.717, 1.165) is 11.1 Å². The summed E-state index contributed by atoms with van der Waals surface area (Å²) in [5, 5.41) is 2.82. The predicted octanol–water partition coefficient (Wildman–Crippen LogP) is 4.28. The van der Waals surface area contributed by atoms with Crippen LogP contribution in [0.4, 0.5) is 5.69 Å². The summed E-state index contributed by atoms with van der Waals surface area (Å²) in [6.45, 7) is 7.97. The number of ether oxygens (including phenoxy) is 2. The van der Waals surface area contributed by atoms with E-state index in [-0.39, 0.29) is 11.9 Å². The highest BCUT2D eigenvalue weighted by Crippen LogP contribution is 2.19. The van der Waals surface area contributed by atoms with Gasteiger partial charge in [0.15, 0.2) is 6.10 Å². The molecule has 0 aromatic heterocycles. The number of rotatable bonds is 7. The fourth-order valence-electron chi connectivity index (χ4n) is 2.61. The van der Waals surface area contributed by atoms with Gasteiger partial charge in [-0.1, -0.05) is 13.0 Å². The fourth-order valence-corrected chi connectivity index (χ4v) is 2.61. The fraction of sp³-hybridized carbons (Fsp3) is 0.333. The van der Waals surface area contributed by atoms with Crippen LogP contribution >= 0.6 is 0 Å². The summed E-state index contributed by atoms with van der Waals surface area (Å²) in [4.78, 5) is 24.2. The summed E-state index contributed by atoms with van der Waals surface area (Å²) in [6, 6.07) is 12.5. The van der Waals surface area contributed by atoms with Crippen LogP contribution in [0.25, 0.3) is 0 Å². The van der Waals surface area contributed by atoms with Gasteiger partial charge in [-0.3, -0.25) is 4.79 Å². The molecule has 1 N–H and O–H groups in total. The van der Waals surface area contributed by atoms with Crippen molar-refractivity contribution in [3.63, 3.8) is 0 Å². The van der Waals surface area contributed by atoms with Crippen molar-refractivity contribution in [2.75, 3.05) is 11.9 Å². The zero-order chi connectivity index (χ0) is 19.1. The first-order chi connectivity index (χ1) is 12.4. The average Bonchev–Trinajstić information content (AvgIpc) is 2.59. The van der Waals surface area contributed by atoms with Gasteiger partial charge in [0.05, 0.1) is 12.2 Å². The number of benzene rings is 2. The van der Waals surface area contributed by atoms with E-state index in [1.165, 1.54) is 0 Å². The van der Waals surface area contributed by atoms with Gasteiger partial charge in [0.2, 0.25) is 0 Å². The van der Waals surface area contributed by atoms with Gasteiger partial charge in [0.25, 0.3) is 5.91 Å². The van der Waals surface area contributed by atoms with E-state index in [0.29, 0.717) is 30.0 Å². The largest absolute Gasteiger partial charge is 0.481 e. The highest BCUT2D eigenvalue weighted by molar-refractivity contribution is 5.95. The van der Waals surface area contributed by atoms with E-state index < -0.39 is 6.10 Å². The van der Waals surface area contributed by atoms with Crippen LogP contribution in [0, 0.1) is 13.8 Å². The minimum absolute atomic E-state index is 0.226. The molecule has 1 atom stereocenters. The van der Waals surface area contributed by atoms with Crippen LogP contribution in [0.1, 0.15) is 41.8 Å². The quantitative estimate of drug-likeness (QED) is 0.753. The molecule has 0 heterocycles. The Bertz CT molecular complexity index is 748. The van der Waals surface area contributed by atoms with E-state index in [2.05, 4.69) is 11.4 Å². The Hall–Kier alpha value is -2.82. The van der Waals surface area contributed by atoms with Gasteiger partial charge in [-0.15, -0.1) is 0 Å². The maximum Gasteiger partial charge on any atom is 0.338 e. The van der Waals surface area contributed by atoms with Gasteiger partial charge in [0, 0.05) is 5.69 Å². The van der Waals surface area contributed by atoms with Gasteiger partial charge in [-0.2, -0.15) is 0 Å². The van der Waals surface area contributed by atoms with Crippen molar-refractivity contribution in [3.05, 3.63) is 59.2 Å². The molecule has 0 fully saturated rings. The number of aryl methyl sites for hydroxylation is 2. The average molecular weight is 355 g/mol. The number of nitrogens with one attached hydrogen (secondary N) is 1. The molecular weight excluding hydrogens is 330 g/mol. The van der Waals surface area contributed by atoms with Gasteiger partial charge in [0.1, 0.15) is 5.75 Å². The van der Waals surface area contributed by atoms with Crippen LogP contribution in [0.2, 0.25) is 0 Å². The van der Waals surface area contributed by atoms with Gasteiger partial charge < -0.3 is 14.8 Å². The van der Waals surface area contributed by atoms with Crippen molar-refractivity contribution in [3.8, 4) is 5.75 Å². The summed E-state index contributed by atoms with van der Waals surface area (Å²) in [7, 11) is 0. The molecule has 0 aliphatic heterocycles. The molecule has 1 amide bonds. The molecule has 0 bridgehead atoms. The first-order valence-corrected chi connectivity index (χ1v) is 8.76. The number of amides is 1. The van der Waals surface area contributed by atoms with Crippen molar-refractivity contribution in [2.45, 2.75) is 40.2 Å². The summed E-state index contributed by atoms with van der Waals surface area (Å²) in [6.07, 6.45) is -0.0550. The first-order valence-electron chi connectivity index (χ1n) is 8.76. The maximum atomic E-state index is 12.5. The lowest BCUT2D eigenvalue weighted by molar-refractivity contribution is -0.122. The zero-order valence-electron chi connectivity index (χ0n) is 15.7. The van der Waals surface area contributed by atoms with E-state index in [1.807, 2.05) is 32.9 Å². The molecule has 0 unspecified atom stereocenters. The molecule has 2 aromatic carbocycles. The SMILES string of the molecule is CCOC(=O)c1ccc(NC(=O)[C@H](CC)Oc2cc(C)cc(C)c2)cc1. The van der Waals surface area contributed by atoms with E-state index >= 15 is 0 Å². The van der Waals surface area contributed by atoms with Crippen LogP contribution < -0.4 is 10.1 Å². The second kappa shape index (κ2) is 9.04. The molecular formula is C21H25NO4. The number of esters is 1. The van der Waals surface area contributed by atoms with Gasteiger partial charge in [-0.25, -0.2) is 4.79 Å². The highest BCUT2D eigenvalue weighted by atomic mass is 16.5. The van der Waals surface area contributed by atoms with Crippen molar-refractivity contribution in [1.29, 1.82) is 0 Å². The molecule has 0 saturated heterocycles. The molecule has 2 aromatic rings. The van der Waals surface area contributed by atoms with Crippen LogP contribution in [0.15, 0.2) is 42.5 Å². The Labute approximate surface area is 154 Å². The lowest BCUT2D eigenvalue weighted by Crippen LogP contribution is -2.32. The third-order valence-electron chi connectivity index (χ3n) is 3.80. The zero-order valence-corrected chi connectivity index (χ0v) is 15.7. The molecule has 0 spiro atoms. The number of hydrogen-bond donors (Lipinski definition) is 1. The second-order valence-corrected chi connectivity index (χ2v) is 6.13. The Balaban J connectivity index is 2.03. The predicted molar refractivity (Wildman–Crippen MR) is 102 cm³/mol. The Morgan fingerprint density at radius 2 is 1.62 bits per heavy atom. The Morgan fingerprint density at radius 1 is 1.00 bits per heavy atom. The number of carbonyl (C=O) groups is 2. The monoisotopic (exact) mass is 355 g/mol. The molecule has 5 nitrogen and oxygen atoms in total. The molecule has 0 radical (unpaired) electrons. The number of hydrogen-bond acceptors (Lipinski definition) is 4. The van der Waals surface area contributed by atoms with Crippen molar-refractivity contribution in [2.24, 2.45) is 0 Å². The lowest BCUT2D eigenvalue weighted by Gasteiger charge is -2.18. The van der Waals surface area contributed by atoms with Crippen molar-refractivity contribution >= 4 is 17.6 Å². The van der Waals surface area contributed by atoms with Gasteiger partial charge in [-0.05, 0) is 74.7 Å². The minimum atomic E-state index is -0.596. The number of carbonyl (C=O) groups excluding carboxylic acids is 2. The van der Waals surface area contributed by atoms with E-state index in [1.54, 1.807) is 31.2 Å². The van der Waals surface area contributed by atoms with Crippen molar-refractivity contribution in [1.82, 2.24) is 0 Å². The van der Waals surface area contributed by atoms with Crippen LogP contribution in [0.3, 0.4) is 0 Å². The molecule has 2 rings (SSSR count). The Kier molecular flexibility index (Phi) is 6.78. The standard InChI is InChI=1S/C21H25NO4/c1-5-19(26-18-12-14(3)11-15(4)13-18)20(23)22-17-9-7-16(8-10-17)21(24)25-6-2/h7-13,19H,5-6H2,1-4H3,(H,22,23)/t19-/m0/s1. The van der Waals surface area contributed by atoms with E-state index in [4.69, 9.17) is 9.47 Å². The minimum Gasteiger partial charge on any atom is -0.481 e. The van der Waals surface area contributed by atoms with Crippen molar-refractivity contribution < 1.29 is 19.1 Å². The molecule has 0 saturated carbocycles. The summed E-state index contributed by atoms with van der Waals surface area (Å²) in [5.74, 6) is 0.0765. The third-order valence-corrected chi connectivity index (χ3v) is 3.80. The normalized spacial score (nSPS) is 11.5. The summed E-state index contributed by atoms with van der Waals surface area (Å²) < 4.78 is 10.8. The molecule has 5 heteroatoms. The Morgan fingerprint density at radius 3 is 2.15 bits per heavy atom. The smallest absolute Gasteiger partial charge is 0.338 e. The first kappa shape index (κ1) is 19.5. The van der Waals surface area contributed by atoms with Crippen LogP contribution in [-0.4, -0.2) is 24.6 Å². The van der Waals surface area contributed by atoms with Crippen LogP contribution in [-0.2, 0) is 9.53 Å². The van der Waals surface area contributed by atoms with Gasteiger partial charge >= 0.3 is 5.97 Å². The molecule has 138 valence electrons. The maximum absolute atomic E-state index is 12.5. The molecule has 0 aliphatic rings. The highest BCUT2D eigenvalue weighted by Gasteiger charge is 2.19. The second-order valence-electron chi connectivity index (χ2n) is 6.13. The van der Waals surface area contributed by atoms with Crippen LogP contribution in [0.5, 0.6) is 5.75 Å².